The molecule has 4 rings (SSSR count). The van der Waals surface area contributed by atoms with E-state index in [-0.39, 0.29) is 6.10 Å². The van der Waals surface area contributed by atoms with E-state index in [1.165, 1.54) is 5.56 Å². The summed E-state index contributed by atoms with van der Waals surface area (Å²) in [5.41, 5.74) is 2.41. The molecule has 138 valence electrons. The molecule has 26 heavy (non-hydrogen) atoms. The average Bonchev–Trinajstić information content (AvgIpc) is 2.69. The van der Waals surface area contributed by atoms with Crippen LogP contribution in [0.1, 0.15) is 37.9 Å². The maximum atomic E-state index is 6.19. The van der Waals surface area contributed by atoms with Crippen LogP contribution in [0.4, 0.5) is 5.82 Å². The van der Waals surface area contributed by atoms with Crippen LogP contribution in [0.3, 0.4) is 0 Å². The van der Waals surface area contributed by atoms with Gasteiger partial charge in [0.2, 0.25) is 5.88 Å². The number of piperidine rings is 1. The number of hydrogen-bond donors (Lipinski definition) is 0. The molecule has 1 saturated heterocycles. The van der Waals surface area contributed by atoms with Crippen molar-refractivity contribution in [1.82, 2.24) is 19.9 Å². The van der Waals surface area contributed by atoms with Crippen molar-refractivity contribution in [2.24, 2.45) is 0 Å². The van der Waals surface area contributed by atoms with E-state index in [9.17, 15) is 0 Å². The minimum atomic E-state index is 0.287. The van der Waals surface area contributed by atoms with Crippen LogP contribution in [-0.4, -0.2) is 51.6 Å². The Balaban J connectivity index is 1.38. The predicted octanol–water partition coefficient (Wildman–Crippen LogP) is 2.69. The number of nitrogens with zero attached hydrogens (tertiary/aromatic N) is 5. The number of hydrogen-bond acceptors (Lipinski definition) is 6. The highest BCUT2D eigenvalue weighted by atomic mass is 16.5. The second-order valence-electron chi connectivity index (χ2n) is 7.44. The van der Waals surface area contributed by atoms with Gasteiger partial charge in [-0.1, -0.05) is 6.07 Å². The first kappa shape index (κ1) is 17.2. The Hall–Kier alpha value is -2.21. The first-order valence-electron chi connectivity index (χ1n) is 9.59. The summed E-state index contributed by atoms with van der Waals surface area (Å²) in [7, 11) is 0. The van der Waals surface area contributed by atoms with Crippen LogP contribution in [-0.2, 0) is 13.0 Å². The number of fused-ring (bicyclic) bond motifs is 1. The molecular formula is C20H27N5O. The lowest BCUT2D eigenvalue weighted by molar-refractivity contribution is 0.0811. The predicted molar refractivity (Wildman–Crippen MR) is 101 cm³/mol. The van der Waals surface area contributed by atoms with Crippen LogP contribution in [0.15, 0.2) is 30.7 Å². The normalized spacial score (nSPS) is 18.8. The summed E-state index contributed by atoms with van der Waals surface area (Å²) < 4.78 is 6.19. The maximum Gasteiger partial charge on any atom is 0.213 e. The molecule has 1 fully saturated rings. The van der Waals surface area contributed by atoms with Gasteiger partial charge in [-0.3, -0.25) is 4.98 Å². The van der Waals surface area contributed by atoms with Gasteiger partial charge in [0.05, 0.1) is 11.9 Å². The summed E-state index contributed by atoms with van der Waals surface area (Å²) in [5, 5.41) is 0. The minimum Gasteiger partial charge on any atom is -0.474 e. The van der Waals surface area contributed by atoms with E-state index < -0.39 is 0 Å². The van der Waals surface area contributed by atoms with Crippen LogP contribution < -0.4 is 9.64 Å². The van der Waals surface area contributed by atoms with Crippen molar-refractivity contribution in [3.8, 4) is 5.88 Å². The van der Waals surface area contributed by atoms with Gasteiger partial charge in [-0.05, 0) is 32.3 Å². The summed E-state index contributed by atoms with van der Waals surface area (Å²) in [4.78, 5) is 18.1. The van der Waals surface area contributed by atoms with Crippen molar-refractivity contribution in [2.75, 3.05) is 24.5 Å². The Kier molecular flexibility index (Phi) is 5.02. The minimum absolute atomic E-state index is 0.287. The Morgan fingerprint density at radius 1 is 1.12 bits per heavy atom. The number of ether oxygens (including phenoxy) is 1. The van der Waals surface area contributed by atoms with E-state index in [1.54, 1.807) is 12.4 Å². The second kappa shape index (κ2) is 7.58. The number of aromatic nitrogens is 3. The van der Waals surface area contributed by atoms with Crippen LogP contribution in [0.25, 0.3) is 0 Å². The van der Waals surface area contributed by atoms with Crippen LogP contribution >= 0.6 is 0 Å². The summed E-state index contributed by atoms with van der Waals surface area (Å²) in [6.45, 7) is 8.48. The van der Waals surface area contributed by atoms with Gasteiger partial charge in [-0.15, -0.1) is 0 Å². The van der Waals surface area contributed by atoms with Crippen LogP contribution in [0, 0.1) is 0 Å². The smallest absolute Gasteiger partial charge is 0.213 e. The van der Waals surface area contributed by atoms with Crippen molar-refractivity contribution in [2.45, 2.75) is 51.8 Å². The molecule has 0 radical (unpaired) electrons. The molecule has 0 aromatic carbocycles. The zero-order chi connectivity index (χ0) is 17.9. The lowest BCUT2D eigenvalue weighted by Gasteiger charge is -2.34. The number of likely N-dealkylation sites (tertiary alicyclic amines) is 1. The molecule has 0 bridgehead atoms. The standard InChI is InChI=1S/C20H27N5O/c1-15(2)24-10-5-17(6-11-24)26-20-4-3-16-14-25(12-7-18(16)23-20)19-13-21-8-9-22-19/h3-4,8-9,13,15,17H,5-7,10-12,14H2,1-2H3. The fourth-order valence-electron chi connectivity index (χ4n) is 3.79. The summed E-state index contributed by atoms with van der Waals surface area (Å²) in [6, 6.07) is 4.80. The largest absolute Gasteiger partial charge is 0.474 e. The van der Waals surface area contributed by atoms with E-state index in [0.29, 0.717) is 6.04 Å². The first-order chi connectivity index (χ1) is 12.7. The molecule has 0 N–H and O–H groups in total. The monoisotopic (exact) mass is 353 g/mol. The lowest BCUT2D eigenvalue weighted by Crippen LogP contribution is -2.41. The Labute approximate surface area is 155 Å². The van der Waals surface area contributed by atoms with Crippen molar-refractivity contribution in [1.29, 1.82) is 0 Å². The van der Waals surface area contributed by atoms with Gasteiger partial charge >= 0.3 is 0 Å². The van der Waals surface area contributed by atoms with Gasteiger partial charge in [0.1, 0.15) is 11.9 Å². The highest BCUT2D eigenvalue weighted by Crippen LogP contribution is 2.25. The fraction of sp³-hybridized carbons (Fsp3) is 0.550. The van der Waals surface area contributed by atoms with Gasteiger partial charge in [0.15, 0.2) is 0 Å². The number of anilines is 1. The zero-order valence-corrected chi connectivity index (χ0v) is 15.6. The molecule has 2 aromatic rings. The molecule has 0 atom stereocenters. The van der Waals surface area contributed by atoms with Crippen molar-refractivity contribution < 1.29 is 4.74 Å². The summed E-state index contributed by atoms with van der Waals surface area (Å²) in [5.74, 6) is 1.70. The molecule has 2 aliphatic rings. The molecular weight excluding hydrogens is 326 g/mol. The highest BCUT2D eigenvalue weighted by Gasteiger charge is 2.23. The molecule has 2 aliphatic heterocycles. The number of pyridine rings is 1. The molecule has 0 amide bonds. The molecule has 6 heteroatoms. The molecule has 0 spiro atoms. The molecule has 0 aliphatic carbocycles. The first-order valence-corrected chi connectivity index (χ1v) is 9.59. The Morgan fingerprint density at radius 3 is 2.69 bits per heavy atom. The number of rotatable bonds is 4. The zero-order valence-electron chi connectivity index (χ0n) is 15.6. The third-order valence-electron chi connectivity index (χ3n) is 5.39. The molecule has 4 heterocycles. The van der Waals surface area contributed by atoms with Crippen LogP contribution in [0.2, 0.25) is 0 Å². The third-order valence-corrected chi connectivity index (χ3v) is 5.39. The van der Waals surface area contributed by atoms with E-state index in [1.807, 2.05) is 12.3 Å². The van der Waals surface area contributed by atoms with Crippen molar-refractivity contribution >= 4 is 5.82 Å². The highest BCUT2D eigenvalue weighted by molar-refractivity contribution is 5.41. The maximum absolute atomic E-state index is 6.19. The van der Waals surface area contributed by atoms with Gasteiger partial charge in [-0.2, -0.15) is 0 Å². The Morgan fingerprint density at radius 2 is 1.96 bits per heavy atom. The Bertz CT molecular complexity index is 728. The van der Waals surface area contributed by atoms with E-state index >= 15 is 0 Å². The van der Waals surface area contributed by atoms with Crippen molar-refractivity contribution in [3.05, 3.63) is 42.0 Å². The van der Waals surface area contributed by atoms with Gasteiger partial charge < -0.3 is 14.5 Å². The molecule has 2 aromatic heterocycles. The SMILES string of the molecule is CC(C)N1CCC(Oc2ccc3c(n2)CCN(c2cnccn2)C3)CC1. The van der Waals surface area contributed by atoms with Gasteiger partial charge in [0, 0.05) is 57.1 Å². The second-order valence-corrected chi connectivity index (χ2v) is 7.44. The molecule has 0 unspecified atom stereocenters. The molecule has 6 nitrogen and oxygen atoms in total. The van der Waals surface area contributed by atoms with Crippen molar-refractivity contribution in [3.63, 3.8) is 0 Å². The average molecular weight is 353 g/mol. The van der Waals surface area contributed by atoms with Gasteiger partial charge in [-0.25, -0.2) is 9.97 Å². The summed E-state index contributed by atoms with van der Waals surface area (Å²) >= 11 is 0. The van der Waals surface area contributed by atoms with Crippen LogP contribution in [0.5, 0.6) is 5.88 Å². The fourth-order valence-corrected chi connectivity index (χ4v) is 3.79. The van der Waals surface area contributed by atoms with Gasteiger partial charge in [0.25, 0.3) is 0 Å². The topological polar surface area (TPSA) is 54.4 Å². The lowest BCUT2D eigenvalue weighted by atomic mass is 10.1. The summed E-state index contributed by atoms with van der Waals surface area (Å²) in [6.07, 6.45) is 8.63. The van der Waals surface area contributed by atoms with E-state index in [0.717, 1.165) is 62.8 Å². The third kappa shape index (κ3) is 3.80. The molecule has 0 saturated carbocycles. The van der Waals surface area contributed by atoms with E-state index in [4.69, 9.17) is 9.72 Å². The van der Waals surface area contributed by atoms with E-state index in [2.05, 4.69) is 39.7 Å². The quantitative estimate of drug-likeness (QED) is 0.842.